The Labute approximate surface area is 104 Å². The Bertz CT molecular complexity index is 476. The summed E-state index contributed by atoms with van der Waals surface area (Å²) in [5.74, 6) is -2.41. The summed E-state index contributed by atoms with van der Waals surface area (Å²) in [4.78, 5) is 24.0. The first-order chi connectivity index (χ1) is 8.40. The maximum atomic E-state index is 13.2. The average Bonchev–Trinajstić information content (AvgIpc) is 2.32. The molecule has 1 rings (SSSR count). The molecule has 0 spiro atoms. The van der Waals surface area contributed by atoms with E-state index in [4.69, 9.17) is 10.8 Å². The van der Waals surface area contributed by atoms with Gasteiger partial charge in [0.05, 0.1) is 11.3 Å². The minimum Gasteiger partial charge on any atom is -0.480 e. The summed E-state index contributed by atoms with van der Waals surface area (Å²) in [7, 11) is 1.36. The molecule has 98 valence electrons. The summed E-state index contributed by atoms with van der Waals surface area (Å²) < 4.78 is 13.2. The van der Waals surface area contributed by atoms with Crippen molar-refractivity contribution in [2.75, 3.05) is 12.8 Å². The Morgan fingerprint density at radius 2 is 2.11 bits per heavy atom. The van der Waals surface area contributed by atoms with Crippen LogP contribution in [0.3, 0.4) is 0 Å². The molecule has 1 aromatic carbocycles. The monoisotopic (exact) mass is 254 g/mol. The van der Waals surface area contributed by atoms with Gasteiger partial charge in [-0.2, -0.15) is 0 Å². The zero-order chi connectivity index (χ0) is 13.9. The number of amides is 1. The van der Waals surface area contributed by atoms with Crippen LogP contribution in [0.5, 0.6) is 0 Å². The van der Waals surface area contributed by atoms with Crippen LogP contribution < -0.4 is 5.73 Å². The highest BCUT2D eigenvalue weighted by molar-refractivity contribution is 6.00. The van der Waals surface area contributed by atoms with Crippen LogP contribution in [0.1, 0.15) is 23.7 Å². The van der Waals surface area contributed by atoms with Gasteiger partial charge in [0.1, 0.15) is 11.9 Å². The van der Waals surface area contributed by atoms with E-state index in [0.717, 1.165) is 11.0 Å². The summed E-state index contributed by atoms with van der Waals surface area (Å²) in [6.07, 6.45) is 0.257. The van der Waals surface area contributed by atoms with Crippen molar-refractivity contribution in [2.24, 2.45) is 0 Å². The smallest absolute Gasteiger partial charge is 0.326 e. The lowest BCUT2D eigenvalue weighted by Gasteiger charge is -2.24. The second kappa shape index (κ2) is 5.48. The number of para-hydroxylation sites is 1. The van der Waals surface area contributed by atoms with E-state index in [1.54, 1.807) is 6.92 Å². The first kappa shape index (κ1) is 14.0. The van der Waals surface area contributed by atoms with Gasteiger partial charge in [-0.3, -0.25) is 4.79 Å². The molecule has 0 bridgehead atoms. The molecule has 0 saturated carbocycles. The predicted octanol–water partition coefficient (Wildman–Crippen LogP) is 1.34. The van der Waals surface area contributed by atoms with E-state index < -0.39 is 23.7 Å². The second-order valence-corrected chi connectivity index (χ2v) is 3.88. The normalized spacial score (nSPS) is 11.9. The van der Waals surface area contributed by atoms with Gasteiger partial charge < -0.3 is 15.7 Å². The van der Waals surface area contributed by atoms with E-state index in [-0.39, 0.29) is 17.7 Å². The van der Waals surface area contributed by atoms with Crippen molar-refractivity contribution in [1.29, 1.82) is 0 Å². The molecular weight excluding hydrogens is 239 g/mol. The lowest BCUT2D eigenvalue weighted by molar-refractivity contribution is -0.142. The highest BCUT2D eigenvalue weighted by Gasteiger charge is 2.27. The molecule has 1 aromatic rings. The fraction of sp³-hybridized carbons (Fsp3) is 0.333. The van der Waals surface area contributed by atoms with Crippen LogP contribution in [0.25, 0.3) is 0 Å². The summed E-state index contributed by atoms with van der Waals surface area (Å²) in [5, 5.41) is 8.96. The summed E-state index contributed by atoms with van der Waals surface area (Å²) >= 11 is 0. The number of carboxylic acids is 1. The lowest BCUT2D eigenvalue weighted by Crippen LogP contribution is -2.42. The third-order valence-electron chi connectivity index (χ3n) is 2.74. The van der Waals surface area contributed by atoms with Crippen LogP contribution in [-0.4, -0.2) is 35.0 Å². The Morgan fingerprint density at radius 1 is 1.50 bits per heavy atom. The van der Waals surface area contributed by atoms with Crippen molar-refractivity contribution in [3.63, 3.8) is 0 Å². The van der Waals surface area contributed by atoms with Crippen LogP contribution in [0.15, 0.2) is 18.2 Å². The van der Waals surface area contributed by atoms with E-state index in [1.165, 1.54) is 19.2 Å². The molecule has 6 heteroatoms. The second-order valence-electron chi connectivity index (χ2n) is 3.88. The van der Waals surface area contributed by atoms with Crippen molar-refractivity contribution in [1.82, 2.24) is 4.90 Å². The van der Waals surface area contributed by atoms with Gasteiger partial charge in [0.15, 0.2) is 0 Å². The van der Waals surface area contributed by atoms with E-state index in [2.05, 4.69) is 0 Å². The zero-order valence-corrected chi connectivity index (χ0v) is 10.2. The van der Waals surface area contributed by atoms with Gasteiger partial charge in [0, 0.05) is 7.05 Å². The molecule has 3 N–H and O–H groups in total. The molecule has 0 aliphatic rings. The summed E-state index contributed by atoms with van der Waals surface area (Å²) in [6, 6.07) is 2.90. The molecule has 0 aromatic heterocycles. The number of nitrogen functional groups attached to an aromatic ring is 1. The number of anilines is 1. The lowest BCUT2D eigenvalue weighted by atomic mass is 10.1. The van der Waals surface area contributed by atoms with Crippen LogP contribution in [0.2, 0.25) is 0 Å². The number of carboxylic acid groups (broad SMARTS) is 1. The first-order valence-electron chi connectivity index (χ1n) is 5.44. The van der Waals surface area contributed by atoms with Crippen molar-refractivity contribution < 1.29 is 19.1 Å². The third-order valence-corrected chi connectivity index (χ3v) is 2.74. The van der Waals surface area contributed by atoms with Gasteiger partial charge in [-0.15, -0.1) is 0 Å². The molecular formula is C12H15FN2O3. The quantitative estimate of drug-likeness (QED) is 0.794. The molecule has 18 heavy (non-hydrogen) atoms. The van der Waals surface area contributed by atoms with Crippen molar-refractivity contribution in [3.05, 3.63) is 29.6 Å². The van der Waals surface area contributed by atoms with Gasteiger partial charge >= 0.3 is 5.97 Å². The van der Waals surface area contributed by atoms with Gasteiger partial charge in [0.2, 0.25) is 0 Å². The molecule has 0 saturated heterocycles. The highest BCUT2D eigenvalue weighted by Crippen LogP contribution is 2.18. The van der Waals surface area contributed by atoms with Gasteiger partial charge in [-0.05, 0) is 18.6 Å². The van der Waals surface area contributed by atoms with E-state index >= 15 is 0 Å². The van der Waals surface area contributed by atoms with E-state index in [1.807, 2.05) is 0 Å². The molecule has 1 unspecified atom stereocenters. The number of rotatable bonds is 4. The van der Waals surface area contributed by atoms with Crippen LogP contribution in [0.4, 0.5) is 10.1 Å². The topological polar surface area (TPSA) is 83.6 Å². The number of benzene rings is 1. The minimum absolute atomic E-state index is 0.0304. The summed E-state index contributed by atoms with van der Waals surface area (Å²) in [6.45, 7) is 1.65. The van der Waals surface area contributed by atoms with Gasteiger partial charge in [-0.1, -0.05) is 13.0 Å². The molecule has 5 nitrogen and oxygen atoms in total. The Balaban J connectivity index is 3.07. The first-order valence-corrected chi connectivity index (χ1v) is 5.44. The predicted molar refractivity (Wildman–Crippen MR) is 64.6 cm³/mol. The van der Waals surface area contributed by atoms with Crippen LogP contribution in [0, 0.1) is 5.82 Å². The highest BCUT2D eigenvalue weighted by atomic mass is 19.1. The molecule has 0 aliphatic heterocycles. The average molecular weight is 254 g/mol. The van der Waals surface area contributed by atoms with E-state index in [9.17, 15) is 14.0 Å². The Morgan fingerprint density at radius 3 is 2.61 bits per heavy atom. The number of carbonyl (C=O) groups excluding carboxylic acids is 1. The van der Waals surface area contributed by atoms with Gasteiger partial charge in [0.25, 0.3) is 5.91 Å². The van der Waals surface area contributed by atoms with Crippen LogP contribution >= 0.6 is 0 Å². The number of aliphatic carboxylic acids is 1. The molecule has 0 fully saturated rings. The zero-order valence-electron chi connectivity index (χ0n) is 10.2. The standard InChI is InChI=1S/C12H15FN2O3/c1-3-9(12(17)18)15(2)11(16)7-5-4-6-8(13)10(7)14/h4-6,9H,3,14H2,1-2H3,(H,17,18). The SMILES string of the molecule is CCC(C(=O)O)N(C)C(=O)c1cccc(F)c1N. The fourth-order valence-electron chi connectivity index (χ4n) is 1.67. The molecule has 1 amide bonds. The van der Waals surface area contributed by atoms with E-state index in [0.29, 0.717) is 0 Å². The fourth-order valence-corrected chi connectivity index (χ4v) is 1.67. The minimum atomic E-state index is -1.11. The summed E-state index contributed by atoms with van der Waals surface area (Å²) in [5.41, 5.74) is 5.17. The Kier molecular flexibility index (Phi) is 4.25. The van der Waals surface area contributed by atoms with Crippen molar-refractivity contribution in [3.8, 4) is 0 Å². The molecule has 0 heterocycles. The molecule has 1 atom stereocenters. The number of hydrogen-bond donors (Lipinski definition) is 2. The number of halogens is 1. The number of nitrogens with zero attached hydrogens (tertiary/aromatic N) is 1. The third kappa shape index (κ3) is 2.58. The molecule has 0 aliphatic carbocycles. The number of likely N-dealkylation sites (N-methyl/N-ethyl adjacent to an activating group) is 1. The molecule has 0 radical (unpaired) electrons. The van der Waals surface area contributed by atoms with Gasteiger partial charge in [-0.25, -0.2) is 9.18 Å². The largest absolute Gasteiger partial charge is 0.480 e. The van der Waals surface area contributed by atoms with Crippen molar-refractivity contribution >= 4 is 17.6 Å². The maximum Gasteiger partial charge on any atom is 0.326 e. The maximum absolute atomic E-state index is 13.2. The van der Waals surface area contributed by atoms with Crippen molar-refractivity contribution in [2.45, 2.75) is 19.4 Å². The number of nitrogens with two attached hydrogens (primary N) is 1. The number of hydrogen-bond acceptors (Lipinski definition) is 3. The van der Waals surface area contributed by atoms with Crippen LogP contribution in [-0.2, 0) is 4.79 Å². The number of carbonyl (C=O) groups is 2. The Hall–Kier alpha value is -2.11.